The third-order valence-corrected chi connectivity index (χ3v) is 5.38. The number of nitrogens with zero attached hydrogens (tertiary/aromatic N) is 2. The lowest BCUT2D eigenvalue weighted by molar-refractivity contribution is 0.285. The molecule has 0 saturated carbocycles. The van der Waals surface area contributed by atoms with Crippen molar-refractivity contribution in [2.45, 2.75) is 38.9 Å². The van der Waals surface area contributed by atoms with Crippen LogP contribution in [0.5, 0.6) is 0 Å². The summed E-state index contributed by atoms with van der Waals surface area (Å²) in [7, 11) is -1.48. The second kappa shape index (κ2) is 5.78. The zero-order valence-corrected chi connectivity index (χ0v) is 13.3. The highest BCUT2D eigenvalue weighted by atomic mass is 28.3. The molecule has 0 unspecified atom stereocenters. The maximum absolute atomic E-state index is 8.97. The van der Waals surface area contributed by atoms with Gasteiger partial charge in [0, 0.05) is 23.5 Å². The van der Waals surface area contributed by atoms with Gasteiger partial charge in [0.1, 0.15) is 5.65 Å². The summed E-state index contributed by atoms with van der Waals surface area (Å²) in [4.78, 5) is 11.3. The third-order valence-electron chi connectivity index (χ3n) is 3.46. The quantitative estimate of drug-likeness (QED) is 0.504. The SMILES string of the molecule is [C-]#[N+]c1cnc2[nH]c([Si](C)(C)C)c(CCCCO)c2c1. The predicted molar refractivity (Wildman–Crippen MR) is 85.4 cm³/mol. The molecule has 0 aromatic carbocycles. The first-order valence-corrected chi connectivity index (χ1v) is 10.5. The first-order valence-electron chi connectivity index (χ1n) is 6.96. The molecule has 0 atom stereocenters. The number of aryl methyl sites for hydroxylation is 1. The highest BCUT2D eigenvalue weighted by molar-refractivity contribution is 6.88. The van der Waals surface area contributed by atoms with Crippen molar-refractivity contribution >= 4 is 30.1 Å². The lowest BCUT2D eigenvalue weighted by atomic mass is 10.1. The minimum Gasteiger partial charge on any atom is -0.396 e. The van der Waals surface area contributed by atoms with Crippen LogP contribution in [0.4, 0.5) is 5.69 Å². The number of fused-ring (bicyclic) bond motifs is 1. The number of rotatable bonds is 5. The Bertz CT molecular complexity index is 649. The highest BCUT2D eigenvalue weighted by Crippen LogP contribution is 2.24. The van der Waals surface area contributed by atoms with E-state index >= 15 is 0 Å². The van der Waals surface area contributed by atoms with Crippen LogP contribution in [0.2, 0.25) is 19.6 Å². The van der Waals surface area contributed by atoms with Crippen molar-refractivity contribution in [1.82, 2.24) is 9.97 Å². The minimum atomic E-state index is -1.48. The molecule has 0 bridgehead atoms. The van der Waals surface area contributed by atoms with Crippen molar-refractivity contribution in [3.63, 3.8) is 0 Å². The smallest absolute Gasteiger partial charge is 0.205 e. The second-order valence-corrected chi connectivity index (χ2v) is 11.1. The summed E-state index contributed by atoms with van der Waals surface area (Å²) in [5.41, 5.74) is 2.77. The van der Waals surface area contributed by atoms with Gasteiger partial charge < -0.3 is 10.1 Å². The molecule has 5 heteroatoms. The lowest BCUT2D eigenvalue weighted by Crippen LogP contribution is -2.40. The number of H-pyrrole nitrogens is 1. The van der Waals surface area contributed by atoms with Crippen LogP contribution in [-0.4, -0.2) is 29.8 Å². The van der Waals surface area contributed by atoms with Crippen LogP contribution in [0.25, 0.3) is 15.9 Å². The van der Waals surface area contributed by atoms with E-state index in [1.54, 1.807) is 6.20 Å². The predicted octanol–water partition coefficient (Wildman–Crippen LogP) is 2.97. The molecule has 0 aliphatic heterocycles. The minimum absolute atomic E-state index is 0.232. The van der Waals surface area contributed by atoms with Crippen molar-refractivity contribution in [2.24, 2.45) is 0 Å². The fourth-order valence-corrected chi connectivity index (χ4v) is 4.14. The number of nitrogens with one attached hydrogen (secondary N) is 1. The Balaban J connectivity index is 2.54. The van der Waals surface area contributed by atoms with Gasteiger partial charge in [-0.3, -0.25) is 4.98 Å². The molecule has 0 radical (unpaired) electrons. The number of hydrogen-bond donors (Lipinski definition) is 2. The standard InChI is InChI=1S/C15H21N3OSi/c1-16-11-9-13-12(7-5-6-8-19)15(20(2,3)4)18-14(13)17-10-11/h9-10,19H,5-8H2,2-4H3,(H,17,18). The molecule has 0 saturated heterocycles. The Kier molecular flexibility index (Phi) is 4.26. The van der Waals surface area contributed by atoms with E-state index in [-0.39, 0.29) is 6.61 Å². The molecule has 106 valence electrons. The average Bonchev–Trinajstić information content (AvgIpc) is 2.77. The Hall–Kier alpha value is -1.64. The summed E-state index contributed by atoms with van der Waals surface area (Å²) in [6, 6.07) is 1.93. The van der Waals surface area contributed by atoms with E-state index in [1.807, 2.05) is 6.07 Å². The van der Waals surface area contributed by atoms with Gasteiger partial charge in [-0.15, -0.1) is 0 Å². The van der Waals surface area contributed by atoms with Gasteiger partial charge in [-0.05, 0) is 30.9 Å². The molecule has 20 heavy (non-hydrogen) atoms. The first kappa shape index (κ1) is 14.8. The number of unbranched alkanes of at least 4 members (excludes halogenated alkanes) is 1. The van der Waals surface area contributed by atoms with Crippen molar-refractivity contribution in [1.29, 1.82) is 0 Å². The molecule has 2 rings (SSSR count). The fraction of sp³-hybridized carbons (Fsp3) is 0.467. The Morgan fingerprint density at radius 2 is 2.10 bits per heavy atom. The molecule has 0 aliphatic carbocycles. The van der Waals surface area contributed by atoms with Crippen molar-refractivity contribution in [3.8, 4) is 0 Å². The molecular formula is C15H21N3OSi. The molecule has 0 aliphatic rings. The Labute approximate surface area is 120 Å². The largest absolute Gasteiger partial charge is 0.396 e. The van der Waals surface area contributed by atoms with Gasteiger partial charge in [0.15, 0.2) is 0 Å². The van der Waals surface area contributed by atoms with Gasteiger partial charge >= 0.3 is 0 Å². The van der Waals surface area contributed by atoms with E-state index in [2.05, 4.69) is 34.5 Å². The average molecular weight is 287 g/mol. The number of hydrogen-bond acceptors (Lipinski definition) is 2. The normalized spacial score (nSPS) is 11.8. The first-order chi connectivity index (χ1) is 9.47. The molecule has 0 fully saturated rings. The molecule has 0 amide bonds. The van der Waals surface area contributed by atoms with E-state index < -0.39 is 8.07 Å². The van der Waals surface area contributed by atoms with E-state index in [9.17, 15) is 0 Å². The molecular weight excluding hydrogens is 266 g/mol. The number of aromatic nitrogens is 2. The summed E-state index contributed by atoms with van der Waals surface area (Å²) in [6.45, 7) is 14.3. The molecule has 4 nitrogen and oxygen atoms in total. The third kappa shape index (κ3) is 2.92. The Morgan fingerprint density at radius 3 is 2.70 bits per heavy atom. The van der Waals surface area contributed by atoms with Crippen LogP contribution in [0.1, 0.15) is 18.4 Å². The van der Waals surface area contributed by atoms with Crippen molar-refractivity contribution < 1.29 is 5.11 Å². The van der Waals surface area contributed by atoms with Gasteiger partial charge in [0.25, 0.3) is 0 Å². The summed E-state index contributed by atoms with van der Waals surface area (Å²) < 4.78 is 0. The van der Waals surface area contributed by atoms with Gasteiger partial charge in [-0.2, -0.15) is 0 Å². The molecule has 2 N–H and O–H groups in total. The highest BCUT2D eigenvalue weighted by Gasteiger charge is 2.24. The molecule has 2 aromatic heterocycles. The van der Waals surface area contributed by atoms with Gasteiger partial charge in [-0.1, -0.05) is 19.6 Å². The van der Waals surface area contributed by atoms with Crippen LogP contribution in [0.15, 0.2) is 12.3 Å². The van der Waals surface area contributed by atoms with Crippen LogP contribution in [0, 0.1) is 6.57 Å². The zero-order chi connectivity index (χ0) is 14.8. The molecule has 0 spiro atoms. The fourth-order valence-electron chi connectivity index (χ4n) is 2.49. The summed E-state index contributed by atoms with van der Waals surface area (Å²) in [6.07, 6.45) is 4.33. The maximum Gasteiger partial charge on any atom is 0.205 e. The number of aliphatic hydroxyl groups excluding tert-OH is 1. The van der Waals surface area contributed by atoms with Crippen molar-refractivity contribution in [3.05, 3.63) is 29.2 Å². The topological polar surface area (TPSA) is 53.3 Å². The van der Waals surface area contributed by atoms with E-state index in [1.165, 1.54) is 10.9 Å². The van der Waals surface area contributed by atoms with Crippen LogP contribution in [-0.2, 0) is 6.42 Å². The second-order valence-electron chi connectivity index (χ2n) is 6.11. The van der Waals surface area contributed by atoms with Crippen molar-refractivity contribution in [2.75, 3.05) is 6.61 Å². The zero-order valence-electron chi connectivity index (χ0n) is 12.3. The van der Waals surface area contributed by atoms with E-state index in [0.29, 0.717) is 5.69 Å². The Morgan fingerprint density at radius 1 is 1.35 bits per heavy atom. The van der Waals surface area contributed by atoms with Crippen LogP contribution in [0.3, 0.4) is 0 Å². The summed E-state index contributed by atoms with van der Waals surface area (Å²) in [5, 5.41) is 11.4. The molecule has 2 aromatic rings. The van der Waals surface area contributed by atoms with E-state index in [4.69, 9.17) is 11.7 Å². The monoisotopic (exact) mass is 287 g/mol. The maximum atomic E-state index is 8.97. The van der Waals surface area contributed by atoms with Gasteiger partial charge in [-0.25, -0.2) is 4.85 Å². The number of aromatic amines is 1. The summed E-state index contributed by atoms with van der Waals surface area (Å²) >= 11 is 0. The van der Waals surface area contributed by atoms with Crippen LogP contribution >= 0.6 is 0 Å². The number of aliphatic hydroxyl groups is 1. The molecule has 2 heterocycles. The van der Waals surface area contributed by atoms with E-state index in [0.717, 1.165) is 30.3 Å². The van der Waals surface area contributed by atoms with Gasteiger partial charge in [0.2, 0.25) is 5.69 Å². The lowest BCUT2D eigenvalue weighted by Gasteiger charge is -2.17. The number of pyridine rings is 1. The van der Waals surface area contributed by atoms with Gasteiger partial charge in [0.05, 0.1) is 14.6 Å². The summed E-state index contributed by atoms with van der Waals surface area (Å²) in [5.74, 6) is 0. The van der Waals surface area contributed by atoms with Crippen LogP contribution < -0.4 is 5.32 Å².